The molecular formula is C12H13N3. The normalized spacial score (nSPS) is 29.9. The van der Waals surface area contributed by atoms with Gasteiger partial charge in [-0.1, -0.05) is 12.2 Å². The number of allylic oxidation sites excluding steroid dienone is 6. The second-order valence-corrected chi connectivity index (χ2v) is 3.44. The number of nitrogens with zero attached hydrogens (tertiary/aromatic N) is 1. The fraction of sp³-hybridized carbons (Fsp3) is 0.167. The molecule has 0 aliphatic heterocycles. The van der Waals surface area contributed by atoms with E-state index in [1.807, 2.05) is 13.8 Å². The van der Waals surface area contributed by atoms with Crippen molar-refractivity contribution in [2.24, 2.45) is 5.73 Å². The Hall–Kier alpha value is -2.08. The number of nitrogens with two attached hydrogens (primary N) is 1. The van der Waals surface area contributed by atoms with Gasteiger partial charge in [0.2, 0.25) is 0 Å². The zero-order valence-corrected chi connectivity index (χ0v) is 8.83. The molecule has 3 heteroatoms. The molecule has 0 radical (unpaired) electrons. The van der Waals surface area contributed by atoms with E-state index in [0.717, 1.165) is 11.1 Å². The molecule has 0 aromatic rings. The Labute approximate surface area is 89.4 Å². The molecule has 0 amide bonds. The Morgan fingerprint density at radius 3 is 2.53 bits per heavy atom. The molecule has 0 spiro atoms. The van der Waals surface area contributed by atoms with Gasteiger partial charge >= 0.3 is 0 Å². The predicted molar refractivity (Wildman–Crippen MR) is 61.2 cm³/mol. The largest absolute Gasteiger partial charge is 0.384 e. The molecule has 1 aliphatic rings. The zero-order chi connectivity index (χ0) is 11.4. The van der Waals surface area contributed by atoms with Gasteiger partial charge in [0.1, 0.15) is 5.84 Å². The first-order valence-corrected chi connectivity index (χ1v) is 4.58. The van der Waals surface area contributed by atoms with Crippen molar-refractivity contribution in [1.29, 1.82) is 10.7 Å². The van der Waals surface area contributed by atoms with Crippen LogP contribution in [0.25, 0.3) is 0 Å². The summed E-state index contributed by atoms with van der Waals surface area (Å²) in [7, 11) is 0. The fourth-order valence-electron chi connectivity index (χ4n) is 1.27. The maximum atomic E-state index is 8.90. The lowest BCUT2D eigenvalue weighted by Gasteiger charge is -2.05. The number of amidine groups is 1. The molecule has 0 bridgehead atoms. The lowest BCUT2D eigenvalue weighted by molar-refractivity contribution is 1.35. The van der Waals surface area contributed by atoms with E-state index in [2.05, 4.69) is 6.07 Å². The van der Waals surface area contributed by atoms with Gasteiger partial charge in [-0.15, -0.1) is 0 Å². The maximum Gasteiger partial charge on any atom is 0.122 e. The van der Waals surface area contributed by atoms with Crippen LogP contribution in [0.1, 0.15) is 13.8 Å². The Morgan fingerprint density at radius 1 is 1.33 bits per heavy atom. The van der Waals surface area contributed by atoms with Crippen molar-refractivity contribution in [3.63, 3.8) is 0 Å². The molecule has 1 rings (SSSR count). The maximum absolute atomic E-state index is 8.90. The molecule has 0 saturated heterocycles. The Balaban J connectivity index is 3.25. The Morgan fingerprint density at radius 2 is 2.00 bits per heavy atom. The Kier molecular flexibility index (Phi) is 3.25. The van der Waals surface area contributed by atoms with Crippen LogP contribution in [0.3, 0.4) is 0 Å². The van der Waals surface area contributed by atoms with Gasteiger partial charge in [0.05, 0.1) is 11.6 Å². The molecule has 0 atom stereocenters. The summed E-state index contributed by atoms with van der Waals surface area (Å²) in [5.74, 6) is 0.0345. The molecule has 3 N–H and O–H groups in total. The van der Waals surface area contributed by atoms with Crippen LogP contribution in [0.15, 0.2) is 46.6 Å². The lowest BCUT2D eigenvalue weighted by Crippen LogP contribution is -2.11. The second-order valence-electron chi connectivity index (χ2n) is 3.44. The van der Waals surface area contributed by atoms with Crippen LogP contribution in [0.5, 0.6) is 0 Å². The van der Waals surface area contributed by atoms with E-state index in [4.69, 9.17) is 16.4 Å². The van der Waals surface area contributed by atoms with Crippen molar-refractivity contribution < 1.29 is 0 Å². The van der Waals surface area contributed by atoms with Crippen LogP contribution < -0.4 is 5.73 Å². The van der Waals surface area contributed by atoms with Gasteiger partial charge in [-0.05, 0) is 37.1 Å². The van der Waals surface area contributed by atoms with Gasteiger partial charge in [-0.25, -0.2) is 0 Å². The van der Waals surface area contributed by atoms with Gasteiger partial charge in [0.15, 0.2) is 0 Å². The molecule has 0 aromatic heterocycles. The first-order valence-electron chi connectivity index (χ1n) is 4.58. The van der Waals surface area contributed by atoms with Gasteiger partial charge < -0.3 is 5.73 Å². The summed E-state index contributed by atoms with van der Waals surface area (Å²) >= 11 is 0. The quantitative estimate of drug-likeness (QED) is 0.502. The summed E-state index contributed by atoms with van der Waals surface area (Å²) in [5, 5.41) is 16.3. The van der Waals surface area contributed by atoms with Crippen LogP contribution in [0.2, 0.25) is 0 Å². The third kappa shape index (κ3) is 2.68. The molecule has 76 valence electrons. The molecule has 0 fully saturated rings. The summed E-state index contributed by atoms with van der Waals surface area (Å²) in [5.41, 5.74) is 8.52. The lowest BCUT2D eigenvalue weighted by atomic mass is 10.0. The van der Waals surface area contributed by atoms with E-state index in [1.165, 1.54) is 0 Å². The van der Waals surface area contributed by atoms with Crippen molar-refractivity contribution >= 4 is 5.84 Å². The number of hydrogen-bond donors (Lipinski definition) is 2. The summed E-state index contributed by atoms with van der Waals surface area (Å²) in [6.45, 7) is 3.74. The van der Waals surface area contributed by atoms with Crippen molar-refractivity contribution in [1.82, 2.24) is 0 Å². The minimum Gasteiger partial charge on any atom is -0.384 e. The number of rotatable bonds is 1. The minimum atomic E-state index is 0.0345. The summed E-state index contributed by atoms with van der Waals surface area (Å²) in [4.78, 5) is 0. The highest BCUT2D eigenvalue weighted by molar-refractivity contribution is 5.97. The van der Waals surface area contributed by atoms with Crippen LogP contribution in [-0.4, -0.2) is 5.84 Å². The van der Waals surface area contributed by atoms with Crippen molar-refractivity contribution in [3.8, 4) is 6.07 Å². The van der Waals surface area contributed by atoms with Gasteiger partial charge in [0.25, 0.3) is 0 Å². The average molecular weight is 199 g/mol. The highest BCUT2D eigenvalue weighted by Crippen LogP contribution is 2.15. The van der Waals surface area contributed by atoms with Crippen LogP contribution in [-0.2, 0) is 0 Å². The molecule has 0 unspecified atom stereocenters. The van der Waals surface area contributed by atoms with E-state index < -0.39 is 0 Å². The van der Waals surface area contributed by atoms with E-state index in [1.54, 1.807) is 24.3 Å². The van der Waals surface area contributed by atoms with Gasteiger partial charge in [-0.3, -0.25) is 5.41 Å². The van der Waals surface area contributed by atoms with E-state index >= 15 is 0 Å². The van der Waals surface area contributed by atoms with E-state index in [9.17, 15) is 0 Å². The van der Waals surface area contributed by atoms with Crippen LogP contribution >= 0.6 is 0 Å². The molecule has 0 aromatic carbocycles. The van der Waals surface area contributed by atoms with Crippen molar-refractivity contribution in [2.75, 3.05) is 0 Å². The topological polar surface area (TPSA) is 73.7 Å². The highest BCUT2D eigenvalue weighted by atomic mass is 14.7. The number of nitrogens with one attached hydrogen (secondary N) is 1. The van der Waals surface area contributed by atoms with Crippen LogP contribution in [0.4, 0.5) is 0 Å². The number of nitriles is 1. The van der Waals surface area contributed by atoms with Crippen molar-refractivity contribution in [3.05, 3.63) is 46.6 Å². The highest BCUT2D eigenvalue weighted by Gasteiger charge is 2.03. The molecule has 1 aliphatic carbocycles. The predicted octanol–water partition coefficient (Wildman–Crippen LogP) is 2.20. The summed E-state index contributed by atoms with van der Waals surface area (Å²) in [6.07, 6.45) is 7.14. The first kappa shape index (κ1) is 11.0. The minimum absolute atomic E-state index is 0.0345. The number of hydrogen-bond acceptors (Lipinski definition) is 2. The van der Waals surface area contributed by atoms with Gasteiger partial charge in [-0.2, -0.15) is 5.26 Å². The SMILES string of the molecule is CC1=C/C(C#N)=C(C)\C=C/C(C(=N)N)=C\1. The molecular weight excluding hydrogens is 186 g/mol. The molecule has 15 heavy (non-hydrogen) atoms. The van der Waals surface area contributed by atoms with E-state index in [-0.39, 0.29) is 5.84 Å². The standard InChI is InChI=1S/C12H13N3/c1-8-5-10(12(14)15)4-3-9(2)11(6-8)7-13/h3-6H,1-2H3,(H3,14,15)/b4-3-,8-5?,8-6-,9-3?,10-4?,10-5+,11-6?,11-9+. The zero-order valence-electron chi connectivity index (χ0n) is 8.83. The molecule has 3 nitrogen and oxygen atoms in total. The smallest absolute Gasteiger partial charge is 0.122 e. The third-order valence-corrected chi connectivity index (χ3v) is 2.12. The van der Waals surface area contributed by atoms with Crippen LogP contribution in [0, 0.1) is 16.7 Å². The summed E-state index contributed by atoms with van der Waals surface area (Å²) < 4.78 is 0. The summed E-state index contributed by atoms with van der Waals surface area (Å²) in [6, 6.07) is 2.13. The Bertz CT molecular complexity index is 454. The fourth-order valence-corrected chi connectivity index (χ4v) is 1.27. The molecule has 0 saturated carbocycles. The average Bonchev–Trinajstić information content (AvgIpc) is 2.17. The van der Waals surface area contributed by atoms with Gasteiger partial charge in [0, 0.05) is 5.57 Å². The second kappa shape index (κ2) is 4.43. The third-order valence-electron chi connectivity index (χ3n) is 2.12. The monoisotopic (exact) mass is 199 g/mol. The van der Waals surface area contributed by atoms with E-state index in [0.29, 0.717) is 11.1 Å². The van der Waals surface area contributed by atoms with Crippen molar-refractivity contribution in [2.45, 2.75) is 13.8 Å². The first-order chi connectivity index (χ1) is 7.04. The molecule has 0 heterocycles.